The molecule has 17 heavy (non-hydrogen) atoms. The molecule has 0 aliphatic carbocycles. The zero-order chi connectivity index (χ0) is 12.9. The molecular weight excluding hydrogens is 218 g/mol. The Balaban J connectivity index is 2.32. The van der Waals surface area contributed by atoms with Crippen LogP contribution in [0.1, 0.15) is 39.5 Å². The summed E-state index contributed by atoms with van der Waals surface area (Å²) < 4.78 is 0. The van der Waals surface area contributed by atoms with E-state index in [1.807, 2.05) is 13.8 Å². The highest BCUT2D eigenvalue weighted by Crippen LogP contribution is 2.24. The van der Waals surface area contributed by atoms with Crippen LogP contribution in [0, 0.1) is 5.41 Å². The Labute approximate surface area is 103 Å². The number of oxime groups is 1. The molecule has 1 atom stereocenters. The molecule has 4 N–H and O–H groups in total. The fourth-order valence-corrected chi connectivity index (χ4v) is 2.38. The Bertz CT molecular complexity index is 266. The van der Waals surface area contributed by atoms with Gasteiger partial charge in [-0.3, -0.25) is 4.90 Å². The molecule has 5 nitrogen and oxygen atoms in total. The third-order valence-corrected chi connectivity index (χ3v) is 3.76. The average molecular weight is 243 g/mol. The van der Waals surface area contributed by atoms with E-state index in [4.69, 9.17) is 10.9 Å². The maximum atomic E-state index is 9.21. The van der Waals surface area contributed by atoms with Gasteiger partial charge in [0.05, 0.1) is 6.61 Å². The van der Waals surface area contributed by atoms with Crippen LogP contribution < -0.4 is 5.73 Å². The maximum Gasteiger partial charge on any atom is 0.144 e. The SMILES string of the molecule is CC(C)(CCCN1CCCC1CO)C(N)=NO. The Hall–Kier alpha value is -0.810. The predicted molar refractivity (Wildman–Crippen MR) is 68.1 cm³/mol. The van der Waals surface area contributed by atoms with E-state index in [1.165, 1.54) is 6.42 Å². The lowest BCUT2D eigenvalue weighted by molar-refractivity contribution is 0.154. The normalized spacial score (nSPS) is 23.2. The number of amidine groups is 1. The van der Waals surface area contributed by atoms with Crippen LogP contribution in [0.5, 0.6) is 0 Å². The molecule has 0 amide bonds. The Morgan fingerprint density at radius 3 is 2.82 bits per heavy atom. The summed E-state index contributed by atoms with van der Waals surface area (Å²) in [5, 5.41) is 21.0. The van der Waals surface area contributed by atoms with Gasteiger partial charge < -0.3 is 16.0 Å². The van der Waals surface area contributed by atoms with Crippen molar-refractivity contribution in [3.05, 3.63) is 0 Å². The molecule has 1 unspecified atom stereocenters. The number of aliphatic hydroxyl groups excluding tert-OH is 1. The van der Waals surface area contributed by atoms with Gasteiger partial charge in [-0.05, 0) is 38.8 Å². The summed E-state index contributed by atoms with van der Waals surface area (Å²) in [5.41, 5.74) is 5.38. The first kappa shape index (κ1) is 14.3. The van der Waals surface area contributed by atoms with Crippen LogP contribution in [0.2, 0.25) is 0 Å². The standard InChI is InChI=1S/C12H25N3O2/c1-12(2,11(13)14-17)6-4-8-15-7-3-5-10(15)9-16/h10,16-17H,3-9H2,1-2H3,(H2,13,14). The van der Waals surface area contributed by atoms with Crippen molar-refractivity contribution in [1.29, 1.82) is 0 Å². The lowest BCUT2D eigenvalue weighted by Gasteiger charge is -2.26. The summed E-state index contributed by atoms with van der Waals surface area (Å²) in [5.74, 6) is 0.289. The molecule has 0 bridgehead atoms. The van der Waals surface area contributed by atoms with E-state index in [0.717, 1.165) is 32.4 Å². The van der Waals surface area contributed by atoms with Crippen molar-refractivity contribution in [2.24, 2.45) is 16.3 Å². The van der Waals surface area contributed by atoms with Gasteiger partial charge in [-0.15, -0.1) is 0 Å². The summed E-state index contributed by atoms with van der Waals surface area (Å²) in [6, 6.07) is 0.335. The maximum absolute atomic E-state index is 9.21. The Morgan fingerprint density at radius 2 is 2.24 bits per heavy atom. The fourth-order valence-electron chi connectivity index (χ4n) is 2.38. The van der Waals surface area contributed by atoms with Crippen LogP contribution in [0.3, 0.4) is 0 Å². The van der Waals surface area contributed by atoms with Gasteiger partial charge in [0.1, 0.15) is 5.84 Å². The Morgan fingerprint density at radius 1 is 1.53 bits per heavy atom. The largest absolute Gasteiger partial charge is 0.409 e. The minimum Gasteiger partial charge on any atom is -0.409 e. The second kappa shape index (κ2) is 6.21. The van der Waals surface area contributed by atoms with Crippen molar-refractivity contribution in [2.75, 3.05) is 19.7 Å². The molecule has 0 aromatic carbocycles. The van der Waals surface area contributed by atoms with E-state index in [0.29, 0.717) is 6.04 Å². The van der Waals surface area contributed by atoms with Crippen LogP contribution >= 0.6 is 0 Å². The van der Waals surface area contributed by atoms with E-state index in [1.54, 1.807) is 0 Å². The molecule has 1 aliphatic heterocycles. The van der Waals surface area contributed by atoms with E-state index in [2.05, 4.69) is 10.1 Å². The number of aliphatic hydroxyl groups is 1. The van der Waals surface area contributed by atoms with Crippen LogP contribution in [0.15, 0.2) is 5.16 Å². The monoisotopic (exact) mass is 243 g/mol. The van der Waals surface area contributed by atoms with E-state index >= 15 is 0 Å². The first-order valence-corrected chi connectivity index (χ1v) is 6.34. The van der Waals surface area contributed by atoms with Crippen LogP contribution in [0.4, 0.5) is 0 Å². The van der Waals surface area contributed by atoms with Crippen molar-refractivity contribution in [1.82, 2.24) is 4.90 Å². The molecule has 100 valence electrons. The third kappa shape index (κ3) is 3.85. The quantitative estimate of drug-likeness (QED) is 0.281. The number of hydrogen-bond donors (Lipinski definition) is 3. The summed E-state index contributed by atoms with van der Waals surface area (Å²) in [7, 11) is 0. The van der Waals surface area contributed by atoms with Gasteiger partial charge in [-0.2, -0.15) is 0 Å². The van der Waals surface area contributed by atoms with Gasteiger partial charge in [0, 0.05) is 11.5 Å². The lowest BCUT2D eigenvalue weighted by Crippen LogP contribution is -2.35. The number of rotatable bonds is 6. The van der Waals surface area contributed by atoms with Gasteiger partial charge in [-0.25, -0.2) is 0 Å². The van der Waals surface area contributed by atoms with Gasteiger partial charge in [0.2, 0.25) is 0 Å². The first-order chi connectivity index (χ1) is 8.01. The van der Waals surface area contributed by atoms with Gasteiger partial charge in [0.25, 0.3) is 0 Å². The molecule has 1 aliphatic rings. The molecule has 0 saturated carbocycles. The average Bonchev–Trinajstić information content (AvgIpc) is 2.75. The third-order valence-electron chi connectivity index (χ3n) is 3.76. The number of hydrogen-bond acceptors (Lipinski definition) is 4. The minimum absolute atomic E-state index is 0.254. The number of nitrogens with two attached hydrogens (primary N) is 1. The molecular formula is C12H25N3O2. The molecule has 1 saturated heterocycles. The topological polar surface area (TPSA) is 82.1 Å². The number of nitrogens with zero attached hydrogens (tertiary/aromatic N) is 2. The molecule has 0 spiro atoms. The van der Waals surface area contributed by atoms with Crippen molar-refractivity contribution in [2.45, 2.75) is 45.6 Å². The zero-order valence-electron chi connectivity index (χ0n) is 10.9. The van der Waals surface area contributed by atoms with E-state index < -0.39 is 0 Å². The molecule has 1 heterocycles. The second-order valence-electron chi connectivity index (χ2n) is 5.49. The summed E-state index contributed by atoms with van der Waals surface area (Å²) in [6.45, 7) is 6.28. The van der Waals surface area contributed by atoms with E-state index in [-0.39, 0.29) is 17.9 Å². The fraction of sp³-hybridized carbons (Fsp3) is 0.917. The predicted octanol–water partition coefficient (Wildman–Crippen LogP) is 0.996. The van der Waals surface area contributed by atoms with Crippen molar-refractivity contribution in [3.8, 4) is 0 Å². The summed E-state index contributed by atoms with van der Waals surface area (Å²) in [4.78, 5) is 2.34. The van der Waals surface area contributed by atoms with Crippen molar-refractivity contribution in [3.63, 3.8) is 0 Å². The second-order valence-corrected chi connectivity index (χ2v) is 5.49. The highest BCUT2D eigenvalue weighted by Gasteiger charge is 2.26. The van der Waals surface area contributed by atoms with Crippen molar-refractivity contribution >= 4 is 5.84 Å². The van der Waals surface area contributed by atoms with Crippen LogP contribution in [0.25, 0.3) is 0 Å². The first-order valence-electron chi connectivity index (χ1n) is 6.34. The lowest BCUT2D eigenvalue weighted by atomic mass is 9.86. The molecule has 0 aromatic rings. The molecule has 5 heteroatoms. The van der Waals surface area contributed by atoms with Crippen LogP contribution in [-0.2, 0) is 0 Å². The summed E-state index contributed by atoms with van der Waals surface area (Å²) >= 11 is 0. The minimum atomic E-state index is -0.261. The van der Waals surface area contributed by atoms with Gasteiger partial charge in [0.15, 0.2) is 0 Å². The summed E-state index contributed by atoms with van der Waals surface area (Å²) in [6.07, 6.45) is 4.16. The highest BCUT2D eigenvalue weighted by atomic mass is 16.4. The smallest absolute Gasteiger partial charge is 0.144 e. The molecule has 0 radical (unpaired) electrons. The Kier molecular flexibility index (Phi) is 5.21. The zero-order valence-corrected chi connectivity index (χ0v) is 10.9. The molecule has 0 aromatic heterocycles. The van der Waals surface area contributed by atoms with Gasteiger partial charge >= 0.3 is 0 Å². The molecule has 1 rings (SSSR count). The highest BCUT2D eigenvalue weighted by molar-refractivity contribution is 5.85. The van der Waals surface area contributed by atoms with Crippen LogP contribution in [-0.4, -0.2) is 46.8 Å². The molecule has 1 fully saturated rings. The van der Waals surface area contributed by atoms with Gasteiger partial charge in [-0.1, -0.05) is 19.0 Å². The van der Waals surface area contributed by atoms with E-state index in [9.17, 15) is 5.11 Å². The van der Waals surface area contributed by atoms with Crippen molar-refractivity contribution < 1.29 is 10.3 Å². The number of likely N-dealkylation sites (tertiary alicyclic amines) is 1.